The van der Waals surface area contributed by atoms with Crippen molar-refractivity contribution in [2.24, 2.45) is 0 Å². The number of ether oxygens (including phenoxy) is 1. The molecule has 0 aromatic heterocycles. The van der Waals surface area contributed by atoms with Gasteiger partial charge in [-0.2, -0.15) is 0 Å². The van der Waals surface area contributed by atoms with Crippen molar-refractivity contribution >= 4 is 29.2 Å². The fraction of sp³-hybridized carbons (Fsp3) is 0.500. The molecule has 3 nitrogen and oxygen atoms in total. The summed E-state index contributed by atoms with van der Waals surface area (Å²) in [5, 5.41) is 0.812. The van der Waals surface area contributed by atoms with E-state index in [0.29, 0.717) is 22.2 Å². The summed E-state index contributed by atoms with van der Waals surface area (Å²) in [6.45, 7) is 7.53. The zero-order valence-electron chi connectivity index (χ0n) is 11.7. The minimum Gasteiger partial charge on any atom is -0.456 e. The first-order chi connectivity index (χ1) is 8.71. The molecular weight excluding hydrogens is 285 g/mol. The minimum atomic E-state index is -0.414. The Morgan fingerprint density at radius 3 is 2.47 bits per heavy atom. The molecule has 0 aliphatic rings. The highest BCUT2D eigenvalue weighted by Crippen LogP contribution is 2.21. The summed E-state index contributed by atoms with van der Waals surface area (Å²) in [5.41, 5.74) is 0.476. The van der Waals surface area contributed by atoms with Crippen LogP contribution in [0, 0.1) is 0 Å². The molecule has 1 unspecified atom stereocenters. The van der Waals surface area contributed by atoms with Crippen molar-refractivity contribution in [3.63, 3.8) is 0 Å². The quantitative estimate of drug-likeness (QED) is 0.866. The van der Waals surface area contributed by atoms with E-state index >= 15 is 0 Å². The van der Waals surface area contributed by atoms with Crippen LogP contribution in [0.5, 0.6) is 0 Å². The maximum absolute atomic E-state index is 11.8. The summed E-state index contributed by atoms with van der Waals surface area (Å²) in [5.74, 6) is -0.414. The van der Waals surface area contributed by atoms with Gasteiger partial charge in [0.25, 0.3) is 0 Å². The topological polar surface area (TPSA) is 30.7 Å². The van der Waals surface area contributed by atoms with Crippen LogP contribution in [0.4, 0.5) is 0 Å². The number of carbonyl (C=O) groups excluding carboxylic acids is 1. The van der Waals surface area contributed by atoms with Gasteiger partial charge < -0.3 is 9.64 Å². The Labute approximate surface area is 124 Å². The van der Waals surface area contributed by atoms with E-state index < -0.39 is 5.97 Å². The van der Waals surface area contributed by atoms with E-state index in [1.165, 1.54) is 11.0 Å². The number of esters is 1. The molecule has 0 fully saturated rings. The number of benzene rings is 1. The number of carbonyl (C=O) groups is 1. The second kappa shape index (κ2) is 6.60. The van der Waals surface area contributed by atoms with E-state index in [1.807, 2.05) is 0 Å². The zero-order valence-corrected chi connectivity index (χ0v) is 13.2. The van der Waals surface area contributed by atoms with Gasteiger partial charge >= 0.3 is 5.97 Å². The fourth-order valence-corrected chi connectivity index (χ4v) is 1.89. The first-order valence-electron chi connectivity index (χ1n) is 6.17. The molecular formula is C14H20Cl2NO2+. The lowest BCUT2D eigenvalue weighted by atomic mass is 10.1. The van der Waals surface area contributed by atoms with E-state index in [4.69, 9.17) is 27.9 Å². The number of halogens is 2. The Bertz CT molecular complexity index is 455. The predicted molar refractivity (Wildman–Crippen MR) is 78.3 cm³/mol. The van der Waals surface area contributed by atoms with Crippen LogP contribution < -0.4 is 4.90 Å². The molecule has 0 saturated carbocycles. The highest BCUT2D eigenvalue weighted by molar-refractivity contribution is 6.36. The van der Waals surface area contributed by atoms with Crippen LogP contribution in [0.1, 0.15) is 31.1 Å². The largest absolute Gasteiger partial charge is 0.456 e. The van der Waals surface area contributed by atoms with Crippen molar-refractivity contribution in [3.8, 4) is 0 Å². The smallest absolute Gasteiger partial charge is 0.339 e. The Morgan fingerprint density at radius 1 is 1.32 bits per heavy atom. The highest BCUT2D eigenvalue weighted by Gasteiger charge is 2.21. The molecule has 5 heteroatoms. The van der Waals surface area contributed by atoms with Crippen molar-refractivity contribution in [3.05, 3.63) is 33.8 Å². The Balaban J connectivity index is 2.52. The lowest BCUT2D eigenvalue weighted by Crippen LogP contribution is -3.16. The molecule has 0 bridgehead atoms. The predicted octanol–water partition coefficient (Wildman–Crippen LogP) is 2.46. The standard InChI is InChI=1S/C14H19Cl2NO2/c1-14(2,3)17(4)7-8-19-13(18)11-6-5-10(15)9-12(11)16/h5-6,9H,7-8H2,1-4H3/p+1. The van der Waals surface area contributed by atoms with E-state index in [1.54, 1.807) is 12.1 Å². The van der Waals surface area contributed by atoms with Crippen LogP contribution >= 0.6 is 23.2 Å². The van der Waals surface area contributed by atoms with Crippen LogP contribution in [-0.4, -0.2) is 31.7 Å². The van der Waals surface area contributed by atoms with Gasteiger partial charge in [-0.25, -0.2) is 4.79 Å². The summed E-state index contributed by atoms with van der Waals surface area (Å²) in [6, 6.07) is 4.73. The Kier molecular flexibility index (Phi) is 5.65. The second-order valence-electron chi connectivity index (χ2n) is 5.54. The van der Waals surface area contributed by atoms with Crippen LogP contribution in [-0.2, 0) is 4.74 Å². The number of quaternary nitrogens is 1. The molecule has 0 heterocycles. The first kappa shape index (κ1) is 16.3. The lowest BCUT2D eigenvalue weighted by Gasteiger charge is -2.28. The molecule has 106 valence electrons. The van der Waals surface area contributed by atoms with Crippen LogP contribution in [0.25, 0.3) is 0 Å². The molecule has 1 N–H and O–H groups in total. The minimum absolute atomic E-state index is 0.129. The lowest BCUT2D eigenvalue weighted by molar-refractivity contribution is -0.927. The summed E-state index contributed by atoms with van der Waals surface area (Å²) in [7, 11) is 2.07. The average Bonchev–Trinajstić information content (AvgIpc) is 2.27. The zero-order chi connectivity index (χ0) is 14.6. The summed E-state index contributed by atoms with van der Waals surface area (Å²) in [4.78, 5) is 13.1. The van der Waals surface area contributed by atoms with Gasteiger partial charge in [0.05, 0.1) is 23.2 Å². The van der Waals surface area contributed by atoms with Crippen molar-refractivity contribution in [2.75, 3.05) is 20.2 Å². The fourth-order valence-electron chi connectivity index (χ4n) is 1.40. The van der Waals surface area contributed by atoms with Gasteiger partial charge in [0.1, 0.15) is 13.2 Å². The molecule has 0 aliphatic carbocycles. The molecule has 1 aromatic carbocycles. The maximum atomic E-state index is 11.8. The number of likely N-dealkylation sites (N-methyl/N-ethyl adjacent to an activating group) is 1. The van der Waals surface area contributed by atoms with Gasteiger partial charge in [-0.05, 0) is 39.0 Å². The molecule has 19 heavy (non-hydrogen) atoms. The number of hydrogen-bond acceptors (Lipinski definition) is 2. The van der Waals surface area contributed by atoms with Crippen molar-refractivity contribution in [2.45, 2.75) is 26.3 Å². The van der Waals surface area contributed by atoms with Gasteiger partial charge in [0.2, 0.25) is 0 Å². The molecule has 0 radical (unpaired) electrons. The van der Waals surface area contributed by atoms with Crippen molar-refractivity contribution in [1.82, 2.24) is 0 Å². The number of hydrogen-bond donors (Lipinski definition) is 1. The van der Waals surface area contributed by atoms with E-state index in [2.05, 4.69) is 27.8 Å². The summed E-state index contributed by atoms with van der Waals surface area (Å²) in [6.07, 6.45) is 0. The van der Waals surface area contributed by atoms with Crippen molar-refractivity contribution in [1.29, 1.82) is 0 Å². The van der Waals surface area contributed by atoms with Crippen molar-refractivity contribution < 1.29 is 14.4 Å². The van der Waals surface area contributed by atoms with Gasteiger partial charge in [0.15, 0.2) is 0 Å². The van der Waals surface area contributed by atoms with E-state index in [0.717, 1.165) is 6.54 Å². The third kappa shape index (κ3) is 5.01. The first-order valence-corrected chi connectivity index (χ1v) is 6.92. The number of rotatable bonds is 4. The molecule has 0 aliphatic heterocycles. The Morgan fingerprint density at radius 2 is 1.95 bits per heavy atom. The average molecular weight is 305 g/mol. The van der Waals surface area contributed by atoms with Gasteiger partial charge in [-0.3, -0.25) is 0 Å². The highest BCUT2D eigenvalue weighted by atomic mass is 35.5. The summed E-state index contributed by atoms with van der Waals surface area (Å²) < 4.78 is 5.23. The van der Waals surface area contributed by atoms with Gasteiger partial charge in [-0.15, -0.1) is 0 Å². The third-order valence-electron chi connectivity index (χ3n) is 3.14. The monoisotopic (exact) mass is 304 g/mol. The summed E-state index contributed by atoms with van der Waals surface area (Å²) >= 11 is 11.7. The van der Waals surface area contributed by atoms with Gasteiger partial charge in [0, 0.05) is 5.02 Å². The second-order valence-corrected chi connectivity index (χ2v) is 6.38. The molecule has 1 rings (SSSR count). The molecule has 0 saturated heterocycles. The van der Waals surface area contributed by atoms with Gasteiger partial charge in [-0.1, -0.05) is 23.2 Å². The third-order valence-corrected chi connectivity index (χ3v) is 3.69. The molecule has 1 atom stereocenters. The molecule has 0 spiro atoms. The van der Waals surface area contributed by atoms with Crippen LogP contribution in [0.2, 0.25) is 10.0 Å². The number of nitrogens with one attached hydrogen (secondary N) is 1. The van der Waals surface area contributed by atoms with E-state index in [9.17, 15) is 4.79 Å². The molecule has 1 aromatic rings. The maximum Gasteiger partial charge on any atom is 0.339 e. The van der Waals surface area contributed by atoms with E-state index in [-0.39, 0.29) is 5.54 Å². The van der Waals surface area contributed by atoms with Crippen LogP contribution in [0.15, 0.2) is 18.2 Å². The SMILES string of the molecule is C[NH+](CCOC(=O)c1ccc(Cl)cc1Cl)C(C)(C)C. The molecule has 0 amide bonds. The Hall–Kier alpha value is -0.770. The normalized spacial score (nSPS) is 13.2. The van der Waals surface area contributed by atoms with Crippen LogP contribution in [0.3, 0.4) is 0 Å².